The summed E-state index contributed by atoms with van der Waals surface area (Å²) in [5.74, 6) is 3.79. The molecule has 1 aromatic rings. The van der Waals surface area contributed by atoms with E-state index in [-0.39, 0.29) is 24.0 Å². The third-order valence-corrected chi connectivity index (χ3v) is 5.43. The molecule has 0 spiro atoms. The smallest absolute Gasteiger partial charge is 0.191 e. The fraction of sp³-hybridized carbons (Fsp3) is 0.611. The second-order valence-corrected chi connectivity index (χ2v) is 7.41. The monoisotopic (exact) mass is 492 g/mol. The summed E-state index contributed by atoms with van der Waals surface area (Å²) >= 11 is 1.97. The van der Waals surface area contributed by atoms with Gasteiger partial charge in [-0.2, -0.15) is 11.8 Å². The number of nitrogens with two attached hydrogens (primary N) is 1. The molecule has 6 nitrogen and oxygen atoms in total. The number of hydrogen-bond acceptors (Lipinski definition) is 5. The molecule has 3 rings (SSSR count). The molecule has 0 amide bonds. The number of rotatable bonds is 6. The molecule has 0 aromatic heterocycles. The Hall–Kier alpha value is -0.710. The van der Waals surface area contributed by atoms with Gasteiger partial charge in [0.05, 0.1) is 19.8 Å². The molecule has 8 heteroatoms. The van der Waals surface area contributed by atoms with Gasteiger partial charge in [-0.05, 0) is 6.07 Å². The van der Waals surface area contributed by atoms with E-state index in [0.29, 0.717) is 19.1 Å². The maximum Gasteiger partial charge on any atom is 0.191 e. The number of ether oxygens (including phenoxy) is 2. The maximum atomic E-state index is 6.15. The van der Waals surface area contributed by atoms with Gasteiger partial charge in [0.1, 0.15) is 12.4 Å². The Morgan fingerprint density at radius 3 is 2.65 bits per heavy atom. The molecule has 26 heavy (non-hydrogen) atoms. The molecular weight excluding hydrogens is 463 g/mol. The molecule has 0 aliphatic carbocycles. The molecule has 0 radical (unpaired) electrons. The summed E-state index contributed by atoms with van der Waals surface area (Å²) in [4.78, 5) is 9.12. The van der Waals surface area contributed by atoms with Crippen molar-refractivity contribution < 1.29 is 9.47 Å². The molecule has 0 unspecified atom stereocenters. The van der Waals surface area contributed by atoms with Crippen LogP contribution in [0.5, 0.6) is 5.75 Å². The molecular formula is C18H29IN4O2S. The Morgan fingerprint density at radius 2 is 1.88 bits per heavy atom. The number of hydrogen-bond donors (Lipinski definition) is 1. The van der Waals surface area contributed by atoms with E-state index in [4.69, 9.17) is 15.2 Å². The lowest BCUT2D eigenvalue weighted by Crippen LogP contribution is -2.42. The van der Waals surface area contributed by atoms with E-state index in [9.17, 15) is 0 Å². The number of aliphatic imine (C=N–C) groups is 1. The quantitative estimate of drug-likeness (QED) is 0.372. The van der Waals surface area contributed by atoms with Crippen LogP contribution in [-0.4, -0.2) is 79.8 Å². The van der Waals surface area contributed by atoms with Crippen LogP contribution in [0.25, 0.3) is 0 Å². The van der Waals surface area contributed by atoms with E-state index >= 15 is 0 Å². The lowest BCUT2D eigenvalue weighted by molar-refractivity contribution is 0.0322. The van der Waals surface area contributed by atoms with Crippen molar-refractivity contribution in [2.75, 3.05) is 64.1 Å². The highest BCUT2D eigenvalue weighted by Gasteiger charge is 2.13. The Labute approximate surface area is 177 Å². The van der Waals surface area contributed by atoms with Gasteiger partial charge in [-0.1, -0.05) is 18.2 Å². The molecule has 2 heterocycles. The van der Waals surface area contributed by atoms with Crippen LogP contribution in [0.2, 0.25) is 0 Å². The van der Waals surface area contributed by atoms with Crippen LogP contribution in [0.1, 0.15) is 5.56 Å². The summed E-state index contributed by atoms with van der Waals surface area (Å²) in [6.07, 6.45) is 0. The Balaban J connectivity index is 0.00000243. The third-order valence-electron chi connectivity index (χ3n) is 4.49. The average Bonchev–Trinajstić information content (AvgIpc) is 2.68. The first-order chi connectivity index (χ1) is 12.3. The van der Waals surface area contributed by atoms with Gasteiger partial charge in [-0.3, -0.25) is 4.90 Å². The zero-order valence-electron chi connectivity index (χ0n) is 15.1. The minimum atomic E-state index is 0. The van der Waals surface area contributed by atoms with Crippen LogP contribution in [0.15, 0.2) is 29.3 Å². The minimum Gasteiger partial charge on any atom is -0.492 e. The van der Waals surface area contributed by atoms with E-state index in [0.717, 1.165) is 68.8 Å². The average molecular weight is 492 g/mol. The number of benzene rings is 1. The minimum absolute atomic E-state index is 0. The van der Waals surface area contributed by atoms with Crippen molar-refractivity contribution >= 4 is 41.7 Å². The highest BCUT2D eigenvalue weighted by Crippen LogP contribution is 2.19. The second kappa shape index (κ2) is 11.9. The highest BCUT2D eigenvalue weighted by atomic mass is 127. The Kier molecular flexibility index (Phi) is 9.87. The van der Waals surface area contributed by atoms with E-state index in [1.165, 1.54) is 0 Å². The zero-order chi connectivity index (χ0) is 17.3. The van der Waals surface area contributed by atoms with Crippen LogP contribution >= 0.6 is 35.7 Å². The molecule has 2 aliphatic rings. The summed E-state index contributed by atoms with van der Waals surface area (Å²) in [7, 11) is 0. The number of guanidine groups is 1. The van der Waals surface area contributed by atoms with Crippen LogP contribution in [-0.2, 0) is 11.3 Å². The lowest BCUT2D eigenvalue weighted by atomic mass is 10.2. The van der Waals surface area contributed by atoms with Gasteiger partial charge >= 0.3 is 0 Å². The van der Waals surface area contributed by atoms with Crippen molar-refractivity contribution in [2.45, 2.75) is 6.54 Å². The predicted octanol–water partition coefficient (Wildman–Crippen LogP) is 1.88. The SMILES string of the molecule is I.NC(=NCc1ccccc1OCCN1CCOCC1)N1CCSCC1. The van der Waals surface area contributed by atoms with Crippen LogP contribution in [0.4, 0.5) is 0 Å². The van der Waals surface area contributed by atoms with Crippen LogP contribution < -0.4 is 10.5 Å². The second-order valence-electron chi connectivity index (χ2n) is 6.18. The number of morpholine rings is 1. The number of thioether (sulfide) groups is 1. The van der Waals surface area contributed by atoms with Gasteiger partial charge in [0.2, 0.25) is 0 Å². The first-order valence-corrected chi connectivity index (χ1v) is 10.1. The van der Waals surface area contributed by atoms with Gasteiger partial charge in [-0.15, -0.1) is 24.0 Å². The standard InChI is InChI=1S/C18H28N4O2S.HI/c19-18(22-8-13-25-14-9-22)20-15-16-3-1-2-4-17(16)24-12-7-21-5-10-23-11-6-21;/h1-4H,5-15H2,(H2,19,20);1H. The Morgan fingerprint density at radius 1 is 1.15 bits per heavy atom. The number of para-hydroxylation sites is 1. The van der Waals surface area contributed by atoms with Crippen molar-refractivity contribution in [3.05, 3.63) is 29.8 Å². The molecule has 2 N–H and O–H groups in total. The van der Waals surface area contributed by atoms with Gasteiger partial charge in [-0.25, -0.2) is 4.99 Å². The molecule has 146 valence electrons. The molecule has 0 saturated carbocycles. The largest absolute Gasteiger partial charge is 0.492 e. The summed E-state index contributed by atoms with van der Waals surface area (Å²) in [5.41, 5.74) is 7.23. The van der Waals surface area contributed by atoms with Gasteiger partial charge < -0.3 is 20.1 Å². The zero-order valence-corrected chi connectivity index (χ0v) is 18.3. The van der Waals surface area contributed by atoms with Gasteiger partial charge in [0.25, 0.3) is 0 Å². The van der Waals surface area contributed by atoms with Crippen molar-refractivity contribution in [2.24, 2.45) is 10.7 Å². The fourth-order valence-corrected chi connectivity index (χ4v) is 3.85. The molecule has 1 aromatic carbocycles. The topological polar surface area (TPSA) is 63.3 Å². The maximum absolute atomic E-state index is 6.15. The third kappa shape index (κ3) is 6.79. The lowest BCUT2D eigenvalue weighted by Gasteiger charge is -2.27. The summed E-state index contributed by atoms with van der Waals surface area (Å²) in [5, 5.41) is 0. The van der Waals surface area contributed by atoms with E-state index in [1.807, 2.05) is 30.0 Å². The van der Waals surface area contributed by atoms with E-state index in [2.05, 4.69) is 20.9 Å². The van der Waals surface area contributed by atoms with E-state index < -0.39 is 0 Å². The summed E-state index contributed by atoms with van der Waals surface area (Å²) in [6.45, 7) is 7.74. The van der Waals surface area contributed by atoms with Crippen LogP contribution in [0.3, 0.4) is 0 Å². The Bertz CT molecular complexity index is 564. The van der Waals surface area contributed by atoms with E-state index in [1.54, 1.807) is 0 Å². The number of nitrogens with zero attached hydrogens (tertiary/aromatic N) is 3. The number of halogens is 1. The van der Waals surface area contributed by atoms with Crippen molar-refractivity contribution in [1.82, 2.24) is 9.80 Å². The van der Waals surface area contributed by atoms with Crippen LogP contribution in [0, 0.1) is 0 Å². The van der Waals surface area contributed by atoms with Crippen molar-refractivity contribution in [3.63, 3.8) is 0 Å². The molecule has 2 saturated heterocycles. The summed E-state index contributed by atoms with van der Waals surface area (Å²) in [6, 6.07) is 8.10. The predicted molar refractivity (Wildman–Crippen MR) is 119 cm³/mol. The first kappa shape index (κ1) is 21.6. The fourth-order valence-electron chi connectivity index (χ4n) is 2.94. The van der Waals surface area contributed by atoms with Gasteiger partial charge in [0, 0.05) is 49.8 Å². The molecule has 0 bridgehead atoms. The molecule has 0 atom stereocenters. The first-order valence-electron chi connectivity index (χ1n) is 8.96. The summed E-state index contributed by atoms with van der Waals surface area (Å²) < 4.78 is 11.4. The highest BCUT2D eigenvalue weighted by molar-refractivity contribution is 14.0. The van der Waals surface area contributed by atoms with Crippen molar-refractivity contribution in [3.8, 4) is 5.75 Å². The normalized spacial score (nSPS) is 19.1. The van der Waals surface area contributed by atoms with Gasteiger partial charge in [0.15, 0.2) is 5.96 Å². The molecule has 2 aliphatic heterocycles. The molecule has 2 fully saturated rings. The van der Waals surface area contributed by atoms with Crippen molar-refractivity contribution in [1.29, 1.82) is 0 Å².